The van der Waals surface area contributed by atoms with Crippen LogP contribution >= 0.6 is 0 Å². The highest BCUT2D eigenvalue weighted by Gasteiger charge is 2.20. The van der Waals surface area contributed by atoms with Crippen molar-refractivity contribution in [2.75, 3.05) is 0 Å². The molecule has 1 fully saturated rings. The highest BCUT2D eigenvalue weighted by Crippen LogP contribution is 2.18. The van der Waals surface area contributed by atoms with Crippen molar-refractivity contribution in [2.45, 2.75) is 25.3 Å². The Labute approximate surface area is 92.5 Å². The quantitative estimate of drug-likeness (QED) is 0.798. The van der Waals surface area contributed by atoms with Crippen LogP contribution in [0.4, 0.5) is 0 Å². The molecule has 0 unspecified atom stereocenters. The second kappa shape index (κ2) is 4.30. The summed E-state index contributed by atoms with van der Waals surface area (Å²) in [6, 6.07) is 1.57. The zero-order valence-electron chi connectivity index (χ0n) is 8.64. The summed E-state index contributed by atoms with van der Waals surface area (Å²) >= 11 is 0. The maximum absolute atomic E-state index is 11.7. The molecule has 1 aromatic rings. The van der Waals surface area contributed by atoms with Gasteiger partial charge in [-0.05, 0) is 25.3 Å². The molecule has 0 spiro atoms. The molecule has 2 N–H and O–H groups in total. The molecule has 2 rings (SSSR count). The number of carboxylic acids is 1. The van der Waals surface area contributed by atoms with Gasteiger partial charge in [0.25, 0.3) is 5.91 Å². The summed E-state index contributed by atoms with van der Waals surface area (Å²) in [5, 5.41) is 11.6. The molecule has 1 aromatic heterocycles. The molecule has 1 saturated carbocycles. The molecule has 0 bridgehead atoms. The van der Waals surface area contributed by atoms with Gasteiger partial charge in [0.05, 0.1) is 11.1 Å². The van der Waals surface area contributed by atoms with Crippen LogP contribution in [0.5, 0.6) is 0 Å². The monoisotopic (exact) mass is 220 g/mol. The Morgan fingerprint density at radius 1 is 1.31 bits per heavy atom. The summed E-state index contributed by atoms with van der Waals surface area (Å²) < 4.78 is 0. The van der Waals surface area contributed by atoms with Crippen molar-refractivity contribution in [3.8, 4) is 0 Å². The molecular weight excluding hydrogens is 208 g/mol. The van der Waals surface area contributed by atoms with Crippen molar-refractivity contribution in [1.82, 2.24) is 10.3 Å². The number of amides is 1. The predicted octanol–water partition coefficient (Wildman–Crippen LogP) is 1.06. The number of rotatable bonds is 3. The summed E-state index contributed by atoms with van der Waals surface area (Å²) in [7, 11) is 0. The number of carboxylic acid groups (broad SMARTS) is 1. The van der Waals surface area contributed by atoms with E-state index < -0.39 is 5.97 Å². The second-order valence-electron chi connectivity index (χ2n) is 3.87. The summed E-state index contributed by atoms with van der Waals surface area (Å²) in [5.41, 5.74) is 0.327. The molecule has 1 aliphatic rings. The first-order valence-electron chi connectivity index (χ1n) is 5.16. The predicted molar refractivity (Wildman–Crippen MR) is 56.3 cm³/mol. The van der Waals surface area contributed by atoms with E-state index in [2.05, 4.69) is 10.3 Å². The van der Waals surface area contributed by atoms with Crippen molar-refractivity contribution < 1.29 is 14.7 Å². The molecule has 0 aliphatic heterocycles. The number of aromatic carboxylic acids is 1. The molecule has 0 atom stereocenters. The molecule has 0 radical (unpaired) electrons. The number of carbonyl (C=O) groups excluding carboxylic acids is 1. The third-order valence-corrected chi connectivity index (χ3v) is 2.69. The number of carbonyl (C=O) groups is 2. The van der Waals surface area contributed by atoms with E-state index in [9.17, 15) is 9.59 Å². The average molecular weight is 220 g/mol. The fourth-order valence-corrected chi connectivity index (χ4v) is 1.50. The minimum Gasteiger partial charge on any atom is -0.478 e. The topological polar surface area (TPSA) is 79.3 Å². The molecule has 1 heterocycles. The van der Waals surface area contributed by atoms with Crippen LogP contribution in [-0.4, -0.2) is 28.0 Å². The normalized spacial score (nSPS) is 15.2. The van der Waals surface area contributed by atoms with Crippen LogP contribution in [-0.2, 0) is 0 Å². The van der Waals surface area contributed by atoms with Gasteiger partial charge in [0.1, 0.15) is 0 Å². The van der Waals surface area contributed by atoms with Crippen LogP contribution in [0.2, 0.25) is 0 Å². The van der Waals surface area contributed by atoms with E-state index in [1.165, 1.54) is 18.5 Å². The van der Waals surface area contributed by atoms with E-state index >= 15 is 0 Å². The fraction of sp³-hybridized carbons (Fsp3) is 0.364. The lowest BCUT2D eigenvalue weighted by Crippen LogP contribution is -2.39. The minimum atomic E-state index is -1.08. The molecular formula is C11H12N2O3. The first-order chi connectivity index (χ1) is 7.66. The molecule has 16 heavy (non-hydrogen) atoms. The number of hydrogen-bond donors (Lipinski definition) is 2. The van der Waals surface area contributed by atoms with Gasteiger partial charge in [-0.15, -0.1) is 0 Å². The van der Waals surface area contributed by atoms with Gasteiger partial charge in [-0.3, -0.25) is 9.78 Å². The third-order valence-electron chi connectivity index (χ3n) is 2.69. The average Bonchev–Trinajstić information content (AvgIpc) is 2.23. The summed E-state index contributed by atoms with van der Waals surface area (Å²) in [6.07, 6.45) is 5.73. The SMILES string of the molecule is O=C(O)c1cncc(C(=O)NC2CCC2)c1. The van der Waals surface area contributed by atoms with E-state index in [1.807, 2.05) is 0 Å². The number of pyridine rings is 1. The standard InChI is InChI=1S/C11H12N2O3/c14-10(13-9-2-1-3-9)7-4-8(11(15)16)6-12-5-7/h4-6,9H,1-3H2,(H,13,14)(H,15,16). The first kappa shape index (κ1) is 10.6. The van der Waals surface area contributed by atoms with E-state index in [4.69, 9.17) is 5.11 Å². The Morgan fingerprint density at radius 2 is 2.00 bits per heavy atom. The lowest BCUT2D eigenvalue weighted by atomic mass is 9.93. The maximum Gasteiger partial charge on any atom is 0.337 e. The van der Waals surface area contributed by atoms with Crippen molar-refractivity contribution in [1.29, 1.82) is 0 Å². The summed E-state index contributed by atoms with van der Waals surface area (Å²) in [4.78, 5) is 26.1. The molecule has 0 aromatic carbocycles. The number of nitrogens with one attached hydrogen (secondary N) is 1. The fourth-order valence-electron chi connectivity index (χ4n) is 1.50. The van der Waals surface area contributed by atoms with Crippen LogP contribution in [0.15, 0.2) is 18.5 Å². The maximum atomic E-state index is 11.7. The number of aromatic nitrogens is 1. The molecule has 5 heteroatoms. The Balaban J connectivity index is 2.09. The smallest absolute Gasteiger partial charge is 0.337 e. The van der Waals surface area contributed by atoms with Crippen LogP contribution in [0.3, 0.4) is 0 Å². The van der Waals surface area contributed by atoms with Gasteiger partial charge in [-0.1, -0.05) is 0 Å². The van der Waals surface area contributed by atoms with Gasteiger partial charge in [-0.25, -0.2) is 4.79 Å². The van der Waals surface area contributed by atoms with Crippen molar-refractivity contribution in [3.63, 3.8) is 0 Å². The summed E-state index contributed by atoms with van der Waals surface area (Å²) in [6.45, 7) is 0. The van der Waals surface area contributed by atoms with Crippen LogP contribution < -0.4 is 5.32 Å². The van der Waals surface area contributed by atoms with Gasteiger partial charge in [0.2, 0.25) is 0 Å². The van der Waals surface area contributed by atoms with Gasteiger partial charge in [0.15, 0.2) is 0 Å². The highest BCUT2D eigenvalue weighted by atomic mass is 16.4. The van der Waals surface area contributed by atoms with Gasteiger partial charge < -0.3 is 10.4 Å². The van der Waals surface area contributed by atoms with Crippen LogP contribution in [0, 0.1) is 0 Å². The Kier molecular flexibility index (Phi) is 2.85. The van der Waals surface area contributed by atoms with Crippen LogP contribution in [0.25, 0.3) is 0 Å². The third kappa shape index (κ3) is 2.18. The lowest BCUT2D eigenvalue weighted by molar-refractivity contribution is 0.0696. The second-order valence-corrected chi connectivity index (χ2v) is 3.87. The van der Waals surface area contributed by atoms with Gasteiger partial charge >= 0.3 is 5.97 Å². The van der Waals surface area contributed by atoms with Crippen molar-refractivity contribution >= 4 is 11.9 Å². The molecule has 1 amide bonds. The van der Waals surface area contributed by atoms with E-state index in [0.29, 0.717) is 5.56 Å². The number of nitrogens with zero attached hydrogens (tertiary/aromatic N) is 1. The lowest BCUT2D eigenvalue weighted by Gasteiger charge is -2.26. The molecule has 0 saturated heterocycles. The van der Waals surface area contributed by atoms with Gasteiger partial charge in [0, 0.05) is 18.4 Å². The molecule has 1 aliphatic carbocycles. The van der Waals surface area contributed by atoms with Gasteiger partial charge in [-0.2, -0.15) is 0 Å². The summed E-state index contributed by atoms with van der Waals surface area (Å²) in [5.74, 6) is -1.33. The van der Waals surface area contributed by atoms with Crippen molar-refractivity contribution in [2.24, 2.45) is 0 Å². The largest absolute Gasteiger partial charge is 0.478 e. The Bertz CT molecular complexity index is 427. The van der Waals surface area contributed by atoms with Crippen LogP contribution in [0.1, 0.15) is 40.0 Å². The Morgan fingerprint density at radius 3 is 2.56 bits per heavy atom. The van der Waals surface area contributed by atoms with E-state index in [-0.39, 0.29) is 17.5 Å². The minimum absolute atomic E-state index is 0.0289. The Hall–Kier alpha value is -1.91. The molecule has 84 valence electrons. The number of hydrogen-bond acceptors (Lipinski definition) is 3. The first-order valence-corrected chi connectivity index (χ1v) is 5.16. The zero-order valence-corrected chi connectivity index (χ0v) is 8.64. The highest BCUT2D eigenvalue weighted by molar-refractivity contribution is 5.97. The van der Waals surface area contributed by atoms with E-state index in [1.54, 1.807) is 0 Å². The zero-order chi connectivity index (χ0) is 11.5. The van der Waals surface area contributed by atoms with Crippen molar-refractivity contribution in [3.05, 3.63) is 29.6 Å². The molecule has 5 nitrogen and oxygen atoms in total. The van der Waals surface area contributed by atoms with E-state index in [0.717, 1.165) is 19.3 Å².